The van der Waals surface area contributed by atoms with E-state index in [9.17, 15) is 0 Å². The third-order valence-corrected chi connectivity index (χ3v) is 1.92. The van der Waals surface area contributed by atoms with Gasteiger partial charge in [0.05, 0.1) is 13.7 Å². The van der Waals surface area contributed by atoms with Crippen molar-refractivity contribution < 1.29 is 9.47 Å². The molecule has 1 aliphatic heterocycles. The molecule has 0 spiro atoms. The van der Waals surface area contributed by atoms with Crippen LogP contribution < -0.4 is 4.74 Å². The monoisotopic (exact) mass is 185 g/mol. The number of pyridine rings is 1. The molecular formula is C8H8ClNO2. The van der Waals surface area contributed by atoms with E-state index in [2.05, 4.69) is 4.98 Å². The molecule has 4 heteroatoms. The number of halogens is 1. The molecule has 64 valence electrons. The average molecular weight is 186 g/mol. The van der Waals surface area contributed by atoms with Gasteiger partial charge in [-0.3, -0.25) is 0 Å². The highest BCUT2D eigenvalue weighted by Crippen LogP contribution is 2.35. The van der Waals surface area contributed by atoms with E-state index in [1.165, 1.54) is 0 Å². The molecule has 1 atom stereocenters. The zero-order valence-corrected chi connectivity index (χ0v) is 7.34. The van der Waals surface area contributed by atoms with Crippen molar-refractivity contribution in [2.24, 2.45) is 0 Å². The predicted molar refractivity (Wildman–Crippen MR) is 44.5 cm³/mol. The summed E-state index contributed by atoms with van der Waals surface area (Å²) in [4.78, 5) is 4.12. The Balaban J connectivity index is 2.39. The zero-order valence-electron chi connectivity index (χ0n) is 6.58. The van der Waals surface area contributed by atoms with Gasteiger partial charge in [-0.05, 0) is 12.1 Å². The summed E-state index contributed by atoms with van der Waals surface area (Å²) in [6, 6.07) is 3.50. The molecule has 0 aromatic carbocycles. The van der Waals surface area contributed by atoms with Crippen LogP contribution in [-0.2, 0) is 4.74 Å². The first-order valence-corrected chi connectivity index (χ1v) is 4.01. The van der Waals surface area contributed by atoms with E-state index < -0.39 is 0 Å². The number of aromatic nitrogens is 1. The van der Waals surface area contributed by atoms with Gasteiger partial charge >= 0.3 is 0 Å². The third-order valence-electron chi connectivity index (χ3n) is 1.71. The molecule has 12 heavy (non-hydrogen) atoms. The Morgan fingerprint density at radius 1 is 1.67 bits per heavy atom. The summed E-state index contributed by atoms with van der Waals surface area (Å²) in [6.45, 7) is 0.712. The van der Waals surface area contributed by atoms with Crippen LogP contribution in [-0.4, -0.2) is 18.7 Å². The average Bonchev–Trinajstić information content (AvgIpc) is 2.87. The number of methoxy groups -OCH3 is 1. The van der Waals surface area contributed by atoms with Crippen LogP contribution in [0, 0.1) is 0 Å². The molecule has 0 amide bonds. The largest absolute Gasteiger partial charge is 0.495 e. The van der Waals surface area contributed by atoms with Gasteiger partial charge in [0.2, 0.25) is 0 Å². The molecule has 2 rings (SSSR count). The highest BCUT2D eigenvalue weighted by molar-refractivity contribution is 6.29. The van der Waals surface area contributed by atoms with Gasteiger partial charge < -0.3 is 9.47 Å². The number of ether oxygens (including phenoxy) is 2. The van der Waals surface area contributed by atoms with Crippen LogP contribution in [0.3, 0.4) is 0 Å². The highest BCUT2D eigenvalue weighted by atomic mass is 35.5. The van der Waals surface area contributed by atoms with E-state index in [4.69, 9.17) is 21.1 Å². The lowest BCUT2D eigenvalue weighted by molar-refractivity contribution is 0.378. The first-order valence-electron chi connectivity index (χ1n) is 3.63. The zero-order chi connectivity index (χ0) is 8.55. The van der Waals surface area contributed by atoms with Crippen LogP contribution in [0.15, 0.2) is 12.1 Å². The molecule has 0 saturated carbocycles. The molecule has 0 radical (unpaired) electrons. The van der Waals surface area contributed by atoms with Crippen LogP contribution >= 0.6 is 11.6 Å². The van der Waals surface area contributed by atoms with Gasteiger partial charge in [-0.25, -0.2) is 4.98 Å². The maximum atomic E-state index is 5.72. The van der Waals surface area contributed by atoms with E-state index in [0.717, 1.165) is 11.4 Å². The molecule has 0 bridgehead atoms. The van der Waals surface area contributed by atoms with Crippen LogP contribution in [0.5, 0.6) is 5.75 Å². The SMILES string of the molecule is COc1ccc(Cl)nc1[C@@H]1CO1. The Hall–Kier alpha value is -0.800. The van der Waals surface area contributed by atoms with Gasteiger partial charge in [0.25, 0.3) is 0 Å². The van der Waals surface area contributed by atoms with E-state index >= 15 is 0 Å². The summed E-state index contributed by atoms with van der Waals surface area (Å²) in [7, 11) is 1.61. The first-order chi connectivity index (χ1) is 5.81. The number of hydrogen-bond acceptors (Lipinski definition) is 3. The molecule has 1 fully saturated rings. The van der Waals surface area contributed by atoms with Crippen LogP contribution in [0.4, 0.5) is 0 Å². The maximum absolute atomic E-state index is 5.72. The maximum Gasteiger partial charge on any atom is 0.143 e. The summed E-state index contributed by atoms with van der Waals surface area (Å²) in [5.41, 5.74) is 0.796. The minimum Gasteiger partial charge on any atom is -0.495 e. The molecule has 0 N–H and O–H groups in total. The molecule has 1 aromatic heterocycles. The molecular weight excluding hydrogens is 178 g/mol. The normalized spacial score (nSPS) is 20.7. The second kappa shape index (κ2) is 2.92. The Labute approximate surface area is 75.3 Å². The van der Waals surface area contributed by atoms with Crippen molar-refractivity contribution in [3.8, 4) is 5.75 Å². The summed E-state index contributed by atoms with van der Waals surface area (Å²) >= 11 is 5.72. The van der Waals surface area contributed by atoms with Crippen molar-refractivity contribution in [3.63, 3.8) is 0 Å². The minimum absolute atomic E-state index is 0.0821. The molecule has 1 aliphatic rings. The summed E-state index contributed by atoms with van der Waals surface area (Å²) in [6.07, 6.45) is 0.0821. The van der Waals surface area contributed by atoms with Crippen LogP contribution in [0.1, 0.15) is 11.8 Å². The Kier molecular flexibility index (Phi) is 1.90. The van der Waals surface area contributed by atoms with E-state index in [-0.39, 0.29) is 6.10 Å². The number of nitrogens with zero attached hydrogens (tertiary/aromatic N) is 1. The van der Waals surface area contributed by atoms with E-state index in [0.29, 0.717) is 11.8 Å². The quantitative estimate of drug-likeness (QED) is 0.521. The van der Waals surface area contributed by atoms with Gasteiger partial charge in [0.1, 0.15) is 22.7 Å². The summed E-state index contributed by atoms with van der Waals surface area (Å²) in [5.74, 6) is 0.738. The topological polar surface area (TPSA) is 34.6 Å². The molecule has 2 heterocycles. The molecule has 1 aromatic rings. The van der Waals surface area contributed by atoms with Crippen LogP contribution in [0.25, 0.3) is 0 Å². The van der Waals surface area contributed by atoms with Gasteiger partial charge in [-0.1, -0.05) is 11.6 Å². The van der Waals surface area contributed by atoms with Gasteiger partial charge in [0, 0.05) is 0 Å². The molecule has 3 nitrogen and oxygen atoms in total. The fourth-order valence-electron chi connectivity index (χ4n) is 1.05. The second-order valence-corrected chi connectivity index (χ2v) is 2.93. The summed E-state index contributed by atoms with van der Waals surface area (Å²) < 4.78 is 10.2. The smallest absolute Gasteiger partial charge is 0.143 e. The molecule has 0 aliphatic carbocycles. The standard InChI is InChI=1S/C8H8ClNO2/c1-11-5-2-3-7(9)10-8(5)6-4-12-6/h2-3,6H,4H2,1H3/t6-/m0/s1. The van der Waals surface area contributed by atoms with Crippen molar-refractivity contribution >= 4 is 11.6 Å². The highest BCUT2D eigenvalue weighted by Gasteiger charge is 2.29. The fraction of sp³-hybridized carbons (Fsp3) is 0.375. The van der Waals surface area contributed by atoms with Gasteiger partial charge in [-0.15, -0.1) is 0 Å². The Morgan fingerprint density at radius 3 is 3.00 bits per heavy atom. The predicted octanol–water partition coefficient (Wildman–Crippen LogP) is 1.81. The van der Waals surface area contributed by atoms with Crippen molar-refractivity contribution in [3.05, 3.63) is 23.0 Å². The van der Waals surface area contributed by atoms with E-state index in [1.807, 2.05) is 0 Å². The van der Waals surface area contributed by atoms with Gasteiger partial charge in [0.15, 0.2) is 0 Å². The Bertz CT molecular complexity index is 299. The van der Waals surface area contributed by atoms with Crippen molar-refractivity contribution in [1.29, 1.82) is 0 Å². The number of epoxide rings is 1. The van der Waals surface area contributed by atoms with E-state index in [1.54, 1.807) is 19.2 Å². The van der Waals surface area contributed by atoms with Crippen LogP contribution in [0.2, 0.25) is 5.15 Å². The Morgan fingerprint density at radius 2 is 2.42 bits per heavy atom. The number of rotatable bonds is 2. The lowest BCUT2D eigenvalue weighted by Gasteiger charge is -2.04. The lowest BCUT2D eigenvalue weighted by atomic mass is 10.2. The minimum atomic E-state index is 0.0821. The lowest BCUT2D eigenvalue weighted by Crippen LogP contribution is -1.94. The number of hydrogen-bond donors (Lipinski definition) is 0. The van der Waals surface area contributed by atoms with Crippen molar-refractivity contribution in [2.45, 2.75) is 6.10 Å². The van der Waals surface area contributed by atoms with Crippen molar-refractivity contribution in [2.75, 3.05) is 13.7 Å². The fourth-order valence-corrected chi connectivity index (χ4v) is 1.20. The second-order valence-electron chi connectivity index (χ2n) is 2.54. The van der Waals surface area contributed by atoms with Gasteiger partial charge in [-0.2, -0.15) is 0 Å². The van der Waals surface area contributed by atoms with Crippen molar-refractivity contribution in [1.82, 2.24) is 4.98 Å². The molecule has 1 saturated heterocycles. The molecule has 0 unspecified atom stereocenters. The first kappa shape index (κ1) is 7.83. The summed E-state index contributed by atoms with van der Waals surface area (Å²) in [5, 5.41) is 0.473. The third kappa shape index (κ3) is 1.38.